The Kier molecular flexibility index (Phi) is 6.09. The van der Waals surface area contributed by atoms with Gasteiger partial charge in [-0.05, 0) is 64.9 Å². The van der Waals surface area contributed by atoms with Gasteiger partial charge in [-0.15, -0.1) is 0 Å². The number of rotatable bonds is 8. The van der Waals surface area contributed by atoms with Crippen LogP contribution >= 0.6 is 0 Å². The Balaban J connectivity index is 1.43. The lowest BCUT2D eigenvalue weighted by molar-refractivity contribution is -0.135. The smallest absolute Gasteiger partial charge is 0.307 e. The van der Waals surface area contributed by atoms with E-state index in [2.05, 4.69) is 22.4 Å². The first kappa shape index (κ1) is 19.7. The summed E-state index contributed by atoms with van der Waals surface area (Å²) >= 11 is 0. The average Bonchev–Trinajstić information content (AvgIpc) is 2.90. The highest BCUT2D eigenvalue weighted by Gasteiger charge is 2.17. The normalized spacial score (nSPS) is 12.2. The zero-order valence-corrected chi connectivity index (χ0v) is 16.7. The van der Waals surface area contributed by atoms with E-state index in [0.717, 1.165) is 58.8 Å². The number of benzene rings is 2. The number of nitrogens with one attached hydrogen (secondary N) is 1. The summed E-state index contributed by atoms with van der Waals surface area (Å²) in [4.78, 5) is 15.6. The Labute approximate surface area is 176 Å². The fourth-order valence-electron chi connectivity index (χ4n) is 3.68. The molecule has 0 saturated heterocycles. The van der Waals surface area contributed by atoms with Crippen LogP contribution in [0.2, 0.25) is 0 Å². The molecule has 1 aliphatic carbocycles. The van der Waals surface area contributed by atoms with Crippen LogP contribution in [0.4, 0.5) is 5.82 Å². The maximum absolute atomic E-state index is 11.3. The Hall–Kier alpha value is -3.60. The van der Waals surface area contributed by atoms with Gasteiger partial charge in [-0.25, -0.2) is 4.98 Å². The Morgan fingerprint density at radius 2 is 1.93 bits per heavy atom. The molecule has 4 rings (SSSR count). The van der Waals surface area contributed by atoms with E-state index < -0.39 is 5.97 Å². The summed E-state index contributed by atoms with van der Waals surface area (Å²) in [6, 6.07) is 19.9. The number of pyridine rings is 1. The van der Waals surface area contributed by atoms with E-state index in [-0.39, 0.29) is 6.42 Å². The van der Waals surface area contributed by atoms with Crippen LogP contribution in [-0.4, -0.2) is 29.2 Å². The second-order valence-corrected chi connectivity index (χ2v) is 7.28. The molecule has 2 N–H and O–H groups in total. The molecule has 1 aromatic heterocycles. The Morgan fingerprint density at radius 3 is 2.77 bits per heavy atom. The van der Waals surface area contributed by atoms with Crippen LogP contribution < -0.4 is 10.1 Å². The van der Waals surface area contributed by atoms with Gasteiger partial charge in [0.1, 0.15) is 11.6 Å². The van der Waals surface area contributed by atoms with Gasteiger partial charge < -0.3 is 15.2 Å². The lowest BCUT2D eigenvalue weighted by atomic mass is 9.96. The highest BCUT2D eigenvalue weighted by Crippen LogP contribution is 2.33. The van der Waals surface area contributed by atoms with Crippen LogP contribution in [0.25, 0.3) is 11.6 Å². The number of hydrogen-bond acceptors (Lipinski definition) is 4. The highest BCUT2D eigenvalue weighted by molar-refractivity contribution is 5.93. The van der Waals surface area contributed by atoms with Crippen molar-refractivity contribution in [2.24, 2.45) is 0 Å². The number of fused-ring (bicyclic) bond motifs is 2. The summed E-state index contributed by atoms with van der Waals surface area (Å²) in [5.41, 5.74) is 5.18. The second-order valence-electron chi connectivity index (χ2n) is 7.28. The first-order chi connectivity index (χ1) is 14.7. The van der Waals surface area contributed by atoms with Crippen LogP contribution in [0.15, 0.2) is 66.9 Å². The maximum Gasteiger partial charge on any atom is 0.307 e. The number of anilines is 1. The number of carboxylic acids is 1. The summed E-state index contributed by atoms with van der Waals surface area (Å²) in [7, 11) is 0. The fraction of sp³-hybridized carbons (Fsp3) is 0.200. The van der Waals surface area contributed by atoms with Crippen molar-refractivity contribution < 1.29 is 14.6 Å². The molecule has 0 spiro atoms. The number of hydrogen-bond donors (Lipinski definition) is 2. The molecule has 0 unspecified atom stereocenters. The van der Waals surface area contributed by atoms with Crippen LogP contribution in [0, 0.1) is 0 Å². The molecule has 5 heteroatoms. The quantitative estimate of drug-likeness (QED) is 0.527. The van der Waals surface area contributed by atoms with Crippen LogP contribution in [0.3, 0.4) is 0 Å². The van der Waals surface area contributed by atoms with Gasteiger partial charge in [0.05, 0.1) is 13.0 Å². The summed E-state index contributed by atoms with van der Waals surface area (Å²) in [6.45, 7) is 1.39. The molecule has 152 valence electrons. The highest BCUT2D eigenvalue weighted by atomic mass is 16.5. The fourth-order valence-corrected chi connectivity index (χ4v) is 3.68. The second kappa shape index (κ2) is 9.27. The molecule has 2 aromatic carbocycles. The van der Waals surface area contributed by atoms with E-state index in [1.54, 1.807) is 6.20 Å². The third-order valence-electron chi connectivity index (χ3n) is 5.09. The molecule has 0 saturated carbocycles. The van der Waals surface area contributed by atoms with E-state index in [4.69, 9.17) is 4.74 Å². The van der Waals surface area contributed by atoms with Gasteiger partial charge in [-0.2, -0.15) is 0 Å². The minimum Gasteiger partial charge on any atom is -0.494 e. The molecule has 3 aromatic rings. The number of carboxylic acid groups (broad SMARTS) is 1. The van der Waals surface area contributed by atoms with Crippen molar-refractivity contribution in [1.29, 1.82) is 0 Å². The van der Waals surface area contributed by atoms with Gasteiger partial charge in [0, 0.05) is 12.7 Å². The Bertz CT molecular complexity index is 1060. The van der Waals surface area contributed by atoms with Gasteiger partial charge >= 0.3 is 5.97 Å². The summed E-state index contributed by atoms with van der Waals surface area (Å²) < 4.78 is 5.96. The molecule has 0 fully saturated rings. The molecule has 0 aliphatic heterocycles. The Morgan fingerprint density at radius 1 is 1.07 bits per heavy atom. The molecular weight excluding hydrogens is 376 g/mol. The minimum atomic E-state index is -0.821. The van der Waals surface area contributed by atoms with E-state index in [9.17, 15) is 9.90 Å². The lowest BCUT2D eigenvalue weighted by Gasteiger charge is -2.11. The van der Waals surface area contributed by atoms with Crippen LogP contribution in [0.1, 0.15) is 35.1 Å². The number of aromatic nitrogens is 1. The number of carbonyl (C=O) groups is 1. The molecular formula is C25H24N2O3. The molecule has 1 heterocycles. The summed E-state index contributed by atoms with van der Waals surface area (Å²) in [5, 5.41) is 12.6. The van der Waals surface area contributed by atoms with Crippen molar-refractivity contribution in [2.75, 3.05) is 18.5 Å². The monoisotopic (exact) mass is 400 g/mol. The van der Waals surface area contributed by atoms with Crippen molar-refractivity contribution in [2.45, 2.75) is 19.3 Å². The first-order valence-corrected chi connectivity index (χ1v) is 10.1. The van der Waals surface area contributed by atoms with Crippen molar-refractivity contribution in [3.8, 4) is 5.75 Å². The standard InChI is InChI=1S/C25H24N2O3/c28-25(29)17-21-14-18-9-10-22(16-20(18)15-19-6-1-2-7-23(19)21)30-13-5-12-27-24-8-3-4-11-26-24/h1-4,6-11,14,16H,5,12-13,15,17H2,(H,26,27)(H,28,29). The number of nitrogens with zero attached hydrogens (tertiary/aromatic N) is 1. The van der Waals surface area contributed by atoms with E-state index in [0.29, 0.717) is 6.61 Å². The third-order valence-corrected chi connectivity index (χ3v) is 5.09. The topological polar surface area (TPSA) is 71.5 Å². The predicted octanol–water partition coefficient (Wildman–Crippen LogP) is 4.88. The van der Waals surface area contributed by atoms with E-state index in [1.165, 1.54) is 0 Å². The zero-order valence-electron chi connectivity index (χ0n) is 16.7. The minimum absolute atomic E-state index is 0.0119. The van der Waals surface area contributed by atoms with Gasteiger partial charge in [-0.1, -0.05) is 42.5 Å². The molecule has 0 radical (unpaired) electrons. The SMILES string of the molecule is O=C(O)CC1=Cc2ccc(OCCCNc3ccccn3)cc2Cc2ccccc21. The van der Waals surface area contributed by atoms with Crippen LogP contribution in [0.5, 0.6) is 5.75 Å². The molecule has 5 nitrogen and oxygen atoms in total. The van der Waals surface area contributed by atoms with E-state index in [1.807, 2.05) is 54.6 Å². The van der Waals surface area contributed by atoms with Crippen molar-refractivity contribution in [1.82, 2.24) is 4.98 Å². The zero-order chi connectivity index (χ0) is 20.8. The maximum atomic E-state index is 11.3. The molecule has 0 bridgehead atoms. The first-order valence-electron chi connectivity index (χ1n) is 10.1. The van der Waals surface area contributed by atoms with Crippen molar-refractivity contribution in [3.05, 3.63) is 89.1 Å². The largest absolute Gasteiger partial charge is 0.494 e. The van der Waals surface area contributed by atoms with Gasteiger partial charge in [0.25, 0.3) is 0 Å². The predicted molar refractivity (Wildman–Crippen MR) is 119 cm³/mol. The number of ether oxygens (including phenoxy) is 1. The van der Waals surface area contributed by atoms with Gasteiger partial charge in [0.2, 0.25) is 0 Å². The van der Waals surface area contributed by atoms with Crippen molar-refractivity contribution >= 4 is 23.4 Å². The third kappa shape index (κ3) is 4.87. The molecule has 0 amide bonds. The molecule has 30 heavy (non-hydrogen) atoms. The lowest BCUT2D eigenvalue weighted by Crippen LogP contribution is -2.08. The summed E-state index contributed by atoms with van der Waals surface area (Å²) in [6.07, 6.45) is 5.39. The van der Waals surface area contributed by atoms with E-state index >= 15 is 0 Å². The van der Waals surface area contributed by atoms with Gasteiger partial charge in [0.15, 0.2) is 0 Å². The molecule has 0 atom stereocenters. The average molecular weight is 400 g/mol. The van der Waals surface area contributed by atoms with Gasteiger partial charge in [-0.3, -0.25) is 4.79 Å². The summed E-state index contributed by atoms with van der Waals surface area (Å²) in [5.74, 6) is 0.878. The van der Waals surface area contributed by atoms with Crippen molar-refractivity contribution in [3.63, 3.8) is 0 Å². The van der Waals surface area contributed by atoms with Crippen LogP contribution in [-0.2, 0) is 11.2 Å². The number of aliphatic carboxylic acids is 1. The molecule has 1 aliphatic rings.